The van der Waals surface area contributed by atoms with Gasteiger partial charge < -0.3 is 35.8 Å². The van der Waals surface area contributed by atoms with Crippen LogP contribution in [0.15, 0.2) is 105 Å². The smallest absolute Gasteiger partial charge is 0.568 e. The third kappa shape index (κ3) is 5.75. The fraction of sp³-hybridized carbons (Fsp3) is 0.276. The van der Waals surface area contributed by atoms with Gasteiger partial charge in [-0.25, -0.2) is 18.2 Å². The Morgan fingerprint density at radius 3 is 1.43 bits per heavy atom. The number of aliphatic imine (C=N–C) groups is 1. The molecule has 0 fully saturated rings. The van der Waals surface area contributed by atoms with E-state index >= 15 is 17.6 Å². The Balaban J connectivity index is 1.28. The summed E-state index contributed by atoms with van der Waals surface area (Å²) in [6.45, 7) is 21.7. The van der Waals surface area contributed by atoms with E-state index in [2.05, 4.69) is 95.2 Å². The third-order valence-corrected chi connectivity index (χ3v) is 15.3. The van der Waals surface area contributed by atoms with Gasteiger partial charge in [0.1, 0.15) is 11.3 Å². The molecule has 0 bridgehead atoms. The first-order chi connectivity index (χ1) is 35.3. The Bertz CT molecular complexity index is 4600. The molecule has 0 aliphatic carbocycles. The van der Waals surface area contributed by atoms with E-state index < -0.39 is 52.4 Å². The summed E-state index contributed by atoms with van der Waals surface area (Å²) in [4.78, 5) is 16.1. The fourth-order valence-corrected chi connectivity index (χ4v) is 11.5. The van der Waals surface area contributed by atoms with E-state index in [0.29, 0.717) is 44.2 Å². The monoisotopic (exact) mass is 1010 g/mol. The Kier molecular flexibility index (Phi) is 8.55. The molecule has 0 radical (unpaired) electrons. The quantitative estimate of drug-likeness (QED) is 0.0428. The molecule has 4 aliphatic heterocycles. The summed E-state index contributed by atoms with van der Waals surface area (Å²) in [5.41, 5.74) is 5.97. The number of aromatic nitrogens is 2. The highest BCUT2D eigenvalue weighted by molar-refractivity contribution is 6.69. The summed E-state index contributed by atoms with van der Waals surface area (Å²) in [5.74, 6) is -11.9. The molecule has 8 heterocycles. The minimum atomic E-state index is -3.61. The van der Waals surface area contributed by atoms with Crippen molar-refractivity contribution in [3.05, 3.63) is 146 Å². The average molecular weight is 1010 g/mol. The van der Waals surface area contributed by atoms with Gasteiger partial charge in [0, 0.05) is 21.9 Å². The summed E-state index contributed by atoms with van der Waals surface area (Å²) >= 11 is 0. The maximum atomic E-state index is 16.6. The molecule has 378 valence electrons. The lowest BCUT2D eigenvalue weighted by Gasteiger charge is -2.47. The Hall–Kier alpha value is -7.95. The van der Waals surface area contributed by atoms with Gasteiger partial charge >= 0.3 is 6.75 Å². The molecule has 4 aromatic heterocycles. The number of halogens is 5. The second kappa shape index (κ2) is 14.1. The van der Waals surface area contributed by atoms with Crippen molar-refractivity contribution in [3.8, 4) is 5.75 Å². The molecule has 6 aromatic carbocycles. The molecule has 11 nitrogen and oxygen atoms in total. The second-order valence-electron chi connectivity index (χ2n) is 24.3. The lowest BCUT2D eigenvalue weighted by Crippen LogP contribution is -2.75. The van der Waals surface area contributed by atoms with Crippen molar-refractivity contribution in [2.24, 2.45) is 15.0 Å². The van der Waals surface area contributed by atoms with Crippen LogP contribution in [0, 0.1) is 29.1 Å². The highest BCUT2D eigenvalue weighted by Crippen LogP contribution is 2.54. The van der Waals surface area contributed by atoms with Crippen molar-refractivity contribution in [1.82, 2.24) is 8.96 Å². The molecule has 0 saturated heterocycles. The molecule has 14 rings (SSSR count). The molecular weight excluding hydrogens is 966 g/mol. The van der Waals surface area contributed by atoms with E-state index in [4.69, 9.17) is 37.3 Å². The predicted molar refractivity (Wildman–Crippen MR) is 278 cm³/mol. The van der Waals surface area contributed by atoms with Crippen LogP contribution in [0.2, 0.25) is 0 Å². The number of fused-ring (bicyclic) bond motifs is 16. The zero-order valence-corrected chi connectivity index (χ0v) is 43.1. The summed E-state index contributed by atoms with van der Waals surface area (Å²) < 4.78 is 120. The molecule has 10 aromatic rings. The number of amidine groups is 2. The maximum Gasteiger partial charge on any atom is 0.568 e. The van der Waals surface area contributed by atoms with Crippen LogP contribution in [-0.4, -0.2) is 31.9 Å². The largest absolute Gasteiger partial charge is 0.644 e. The van der Waals surface area contributed by atoms with Gasteiger partial charge in [-0.1, -0.05) is 136 Å². The molecule has 0 N–H and O–H groups in total. The highest BCUT2D eigenvalue weighted by atomic mass is 19.2. The summed E-state index contributed by atoms with van der Waals surface area (Å²) in [7, 11) is 0. The predicted octanol–water partition coefficient (Wildman–Crippen LogP) is 14.3. The van der Waals surface area contributed by atoms with Crippen LogP contribution in [0.25, 0.3) is 66.2 Å². The molecule has 17 heteroatoms. The van der Waals surface area contributed by atoms with Gasteiger partial charge in [-0.3, -0.25) is 0 Å². The normalized spacial score (nSPS) is 16.9. The Morgan fingerprint density at radius 2 is 0.933 bits per heavy atom. The number of rotatable bonds is 2. The first kappa shape index (κ1) is 45.7. The van der Waals surface area contributed by atoms with Gasteiger partial charge in [0.2, 0.25) is 51.9 Å². The molecule has 1 atom stereocenters. The van der Waals surface area contributed by atoms with Gasteiger partial charge in [0.15, 0.2) is 50.6 Å². The molecule has 0 amide bonds. The van der Waals surface area contributed by atoms with E-state index in [1.807, 2.05) is 60.7 Å². The molecule has 0 spiro atoms. The summed E-state index contributed by atoms with van der Waals surface area (Å²) in [5, 5.41) is 1.69. The van der Waals surface area contributed by atoms with E-state index in [9.17, 15) is 4.39 Å². The first-order valence-electron chi connectivity index (χ1n) is 24.9. The lowest BCUT2D eigenvalue weighted by atomic mass is 9.75. The minimum absolute atomic E-state index is 0.0921. The summed E-state index contributed by atoms with van der Waals surface area (Å²) in [6.07, 6.45) is 0. The first-order valence-corrected chi connectivity index (χ1v) is 24.9. The van der Waals surface area contributed by atoms with Crippen LogP contribution in [0.5, 0.6) is 5.75 Å². The maximum absolute atomic E-state index is 16.6. The van der Waals surface area contributed by atoms with Gasteiger partial charge in [-0.15, -0.1) is 0 Å². The van der Waals surface area contributed by atoms with Crippen LogP contribution in [0.1, 0.15) is 116 Å². The lowest BCUT2D eigenvalue weighted by molar-refractivity contribution is -0.291. The number of nitrogens with zero attached hydrogens (tertiary/aromatic N) is 6. The van der Waals surface area contributed by atoms with Crippen molar-refractivity contribution in [2.75, 3.05) is 0 Å². The number of hydrogen-bond acceptors (Lipinski definition) is 8. The molecule has 0 saturated carbocycles. The van der Waals surface area contributed by atoms with Crippen molar-refractivity contribution in [2.45, 2.75) is 105 Å². The van der Waals surface area contributed by atoms with E-state index in [1.54, 1.807) is 13.4 Å². The van der Waals surface area contributed by atoms with E-state index in [-0.39, 0.29) is 78.2 Å². The fourth-order valence-electron chi connectivity index (χ4n) is 11.5. The van der Waals surface area contributed by atoms with Gasteiger partial charge in [0.25, 0.3) is 0 Å². The Labute approximate surface area is 424 Å². The minimum Gasteiger partial charge on any atom is -0.644 e. The zero-order valence-electron chi connectivity index (χ0n) is 43.1. The van der Waals surface area contributed by atoms with Crippen LogP contribution in [0.3, 0.4) is 0 Å². The number of hydrogen-bond donors (Lipinski definition) is 0. The van der Waals surface area contributed by atoms with Gasteiger partial charge in [0.05, 0.1) is 21.9 Å². The van der Waals surface area contributed by atoms with Crippen LogP contribution >= 0.6 is 0 Å². The van der Waals surface area contributed by atoms with Crippen LogP contribution in [0.4, 0.5) is 33.6 Å². The van der Waals surface area contributed by atoms with Crippen LogP contribution in [-0.2, 0) is 21.7 Å². The standard InChI is InChI=1S/C58H48BF5N6O5/c1-55(2,3)25-21-31(57(7,8)9)42-33(23-25)71-47-44(73-42)35-36(45-48(47)72-34-24-26(56(4,5)6)22-32(43(34)74-45)58(10,11)12)54-67-52-30-20-16-14-18-28(30)50-65-49-27-17-13-15-19-29(27)51-66-53(35)70(54)59(68(49)51,69(50)52)75-46-40(63)38(61)37(60)39(62)41(46)64/h13-24H,1-12H3. The van der Waals surface area contributed by atoms with E-state index in [1.165, 1.54) is 0 Å². The zero-order chi connectivity index (χ0) is 52.7. The van der Waals surface area contributed by atoms with Crippen molar-refractivity contribution >= 4 is 96.3 Å². The topological polar surface area (TPSA) is 112 Å². The van der Waals surface area contributed by atoms with Crippen molar-refractivity contribution < 1.29 is 48.8 Å². The molecule has 0 unspecified atom stereocenters. The third-order valence-electron chi connectivity index (χ3n) is 15.3. The van der Waals surface area contributed by atoms with Gasteiger partial charge in [-0.2, -0.15) is 8.78 Å². The van der Waals surface area contributed by atoms with Crippen molar-refractivity contribution in [1.29, 1.82) is 0 Å². The SMILES string of the molecule is CC(C)(C)c1cc(C(C)(C)C)c2oc3c(oc2c1)c1oc2cc(C(C)(C)C)cc(C(C)(C)C)c2oc1c1c2n4c(c31)N=C1c3ccccc3C3=[N+]1[B@@-]4(Oc1c(F)c(F)c(F)c(F)c1F)n1c(c4ccccc4c1=N2)=N3. The second-order valence-corrected chi connectivity index (χ2v) is 24.3. The molecule has 75 heavy (non-hydrogen) atoms. The molecular formula is C58H48BF5N6O5. The highest BCUT2D eigenvalue weighted by Gasteiger charge is 2.60. The van der Waals surface area contributed by atoms with Crippen molar-refractivity contribution in [3.63, 3.8) is 0 Å². The van der Waals surface area contributed by atoms with Gasteiger partial charge in [-0.05, 0) is 63.1 Å². The van der Waals surface area contributed by atoms with Crippen LogP contribution < -0.4 is 15.6 Å². The average Bonchev–Trinajstić information content (AvgIpc) is 4.18. The van der Waals surface area contributed by atoms with E-state index in [0.717, 1.165) is 22.3 Å². The Morgan fingerprint density at radius 1 is 0.480 bits per heavy atom. The summed E-state index contributed by atoms with van der Waals surface area (Å²) in [6, 6.07) is 22.7. The number of benzene rings is 6. The molecule has 4 aliphatic rings.